The minimum atomic E-state index is 0.687. The summed E-state index contributed by atoms with van der Waals surface area (Å²) in [5, 5.41) is 3.71. The van der Waals surface area contributed by atoms with Crippen LogP contribution in [-0.4, -0.2) is 19.9 Å². The summed E-state index contributed by atoms with van der Waals surface area (Å²) in [6.07, 6.45) is 0. The maximum atomic E-state index is 6.68. The first-order chi connectivity index (χ1) is 33.7. The SMILES string of the molecule is c1ccc(Oc2cccc3c2-c2cc4[nH]c(cc5nc(cc6[nH]c(cc-3n2)c2c(Oc3ccccc3)cccc62)-c2c(Oc3ccccc3)cccc2-5)c2c(Oc3ccccc3)cccc42)cc1. The second-order valence-corrected chi connectivity index (χ2v) is 16.6. The molecule has 0 fully saturated rings. The first kappa shape index (κ1) is 39.0. The van der Waals surface area contributed by atoms with Gasteiger partial charge >= 0.3 is 0 Å². The molecule has 2 aliphatic rings. The van der Waals surface area contributed by atoms with E-state index >= 15 is 0 Å². The number of H-pyrrole nitrogens is 2. The van der Waals surface area contributed by atoms with Crippen LogP contribution in [-0.2, 0) is 0 Å². The van der Waals surface area contributed by atoms with E-state index in [-0.39, 0.29) is 0 Å². The molecule has 3 aromatic heterocycles. The summed E-state index contributed by atoms with van der Waals surface area (Å²) in [5.41, 5.74) is 9.93. The molecule has 13 rings (SSSR count). The molecular formula is C60H38N4O4. The van der Waals surface area contributed by atoms with Crippen LogP contribution in [0.4, 0.5) is 0 Å². The van der Waals surface area contributed by atoms with E-state index in [1.807, 2.05) is 170 Å². The molecule has 8 heteroatoms. The molecule has 0 saturated carbocycles. The van der Waals surface area contributed by atoms with E-state index in [0.29, 0.717) is 23.0 Å². The van der Waals surface area contributed by atoms with E-state index in [1.54, 1.807) is 0 Å². The molecule has 0 aliphatic carbocycles. The molecule has 11 aromatic rings. The number of fused-ring (bicyclic) bond motifs is 20. The molecule has 0 amide bonds. The van der Waals surface area contributed by atoms with E-state index in [1.165, 1.54) is 0 Å². The molecule has 5 heterocycles. The third-order valence-corrected chi connectivity index (χ3v) is 12.3. The van der Waals surface area contributed by atoms with E-state index < -0.39 is 0 Å². The molecule has 0 atom stereocenters. The standard InChI is InChI=1S/C60H38N4O4/c1-5-17-37(18-6-1)65-53-29-13-25-41-45-34-50-59-43(27-15-31-55(59)67-39-21-9-3-10-22-39)47(63-50)36-52-60-44(28-16-32-56(60)68-40-23-11-4-12-24-40)48(64-52)35-51-58-42(46(62-51)33-49(61-45)57(41)53)26-14-30-54(58)66-38-19-7-2-8-20-38/h1-36,61,64H. The van der Waals surface area contributed by atoms with Gasteiger partial charge in [0.2, 0.25) is 0 Å². The fourth-order valence-electron chi connectivity index (χ4n) is 9.35. The Labute approximate surface area is 390 Å². The smallest absolute Gasteiger partial charge is 0.137 e. The molecule has 8 bridgehead atoms. The third kappa shape index (κ3) is 6.96. The van der Waals surface area contributed by atoms with Gasteiger partial charge in [0.05, 0.1) is 55.7 Å². The molecule has 0 unspecified atom stereocenters. The molecule has 0 spiro atoms. The topological polar surface area (TPSA) is 94.3 Å². The Bertz CT molecular complexity index is 3650. The first-order valence-electron chi connectivity index (χ1n) is 22.5. The maximum Gasteiger partial charge on any atom is 0.137 e. The number of aromatic amines is 2. The van der Waals surface area contributed by atoms with E-state index in [9.17, 15) is 0 Å². The molecular weight excluding hydrogens is 841 g/mol. The van der Waals surface area contributed by atoms with Crippen LogP contribution in [0.15, 0.2) is 218 Å². The van der Waals surface area contributed by atoms with Crippen molar-refractivity contribution in [2.45, 2.75) is 0 Å². The van der Waals surface area contributed by atoms with Crippen molar-refractivity contribution in [3.8, 4) is 91.0 Å². The van der Waals surface area contributed by atoms with Gasteiger partial charge in [0, 0.05) is 32.9 Å². The lowest BCUT2D eigenvalue weighted by Gasteiger charge is -2.10. The Morgan fingerprint density at radius 1 is 0.279 bits per heavy atom. The van der Waals surface area contributed by atoms with Crippen LogP contribution < -0.4 is 18.9 Å². The predicted octanol–water partition coefficient (Wildman–Crippen LogP) is 16.5. The van der Waals surface area contributed by atoms with Crippen molar-refractivity contribution in [3.63, 3.8) is 0 Å². The highest BCUT2D eigenvalue weighted by molar-refractivity contribution is 6.13. The van der Waals surface area contributed by atoms with Gasteiger partial charge in [-0.3, -0.25) is 0 Å². The van der Waals surface area contributed by atoms with E-state index in [4.69, 9.17) is 28.9 Å². The second-order valence-electron chi connectivity index (χ2n) is 16.6. The van der Waals surface area contributed by atoms with Gasteiger partial charge in [0.15, 0.2) is 0 Å². The lowest BCUT2D eigenvalue weighted by Crippen LogP contribution is -1.88. The number of aromatic nitrogens is 4. The zero-order valence-electron chi connectivity index (χ0n) is 36.3. The van der Waals surface area contributed by atoms with Crippen LogP contribution >= 0.6 is 0 Å². The minimum absolute atomic E-state index is 0.687. The number of benzene rings is 8. The zero-order valence-corrected chi connectivity index (χ0v) is 36.3. The molecule has 8 aromatic carbocycles. The van der Waals surface area contributed by atoms with E-state index in [2.05, 4.69) is 58.5 Å². The van der Waals surface area contributed by atoms with Crippen molar-refractivity contribution in [2.24, 2.45) is 0 Å². The summed E-state index contributed by atoms with van der Waals surface area (Å²) in [7, 11) is 0. The minimum Gasteiger partial charge on any atom is -0.457 e. The van der Waals surface area contributed by atoms with Crippen molar-refractivity contribution in [1.29, 1.82) is 0 Å². The average molecular weight is 879 g/mol. The summed E-state index contributed by atoms with van der Waals surface area (Å²) >= 11 is 0. The molecule has 2 N–H and O–H groups in total. The van der Waals surface area contributed by atoms with Crippen LogP contribution in [0.2, 0.25) is 0 Å². The van der Waals surface area contributed by atoms with Crippen molar-refractivity contribution >= 4 is 43.6 Å². The van der Waals surface area contributed by atoms with Crippen LogP contribution in [0.1, 0.15) is 0 Å². The Kier molecular flexibility index (Phi) is 9.31. The van der Waals surface area contributed by atoms with Gasteiger partial charge in [-0.1, -0.05) is 121 Å². The Hall–Kier alpha value is -9.40. The summed E-state index contributed by atoms with van der Waals surface area (Å²) < 4.78 is 26.7. The molecule has 2 aliphatic heterocycles. The zero-order chi connectivity index (χ0) is 45.0. The Morgan fingerprint density at radius 2 is 0.603 bits per heavy atom. The quantitative estimate of drug-likeness (QED) is 0.158. The predicted molar refractivity (Wildman–Crippen MR) is 271 cm³/mol. The highest BCUT2D eigenvalue weighted by Gasteiger charge is 2.25. The van der Waals surface area contributed by atoms with Gasteiger partial charge in [-0.05, 0) is 97.1 Å². The second kappa shape index (κ2) is 16.2. The van der Waals surface area contributed by atoms with Crippen molar-refractivity contribution in [2.75, 3.05) is 0 Å². The molecule has 322 valence electrons. The highest BCUT2D eigenvalue weighted by atomic mass is 16.5. The number of ether oxygens (including phenoxy) is 4. The number of hydrogen-bond acceptors (Lipinski definition) is 6. The normalized spacial score (nSPS) is 11.5. The number of rotatable bonds is 8. The highest BCUT2D eigenvalue weighted by Crippen LogP contribution is 2.48. The molecule has 0 saturated heterocycles. The number of nitrogens with zero attached hydrogens (tertiary/aromatic N) is 2. The van der Waals surface area contributed by atoms with Crippen LogP contribution in [0.3, 0.4) is 0 Å². The Balaban J connectivity index is 1.15. The Morgan fingerprint density at radius 3 is 0.985 bits per heavy atom. The van der Waals surface area contributed by atoms with Crippen LogP contribution in [0.25, 0.3) is 88.6 Å². The summed E-state index contributed by atoms with van der Waals surface area (Å²) in [6, 6.07) is 72.4. The summed E-state index contributed by atoms with van der Waals surface area (Å²) in [4.78, 5) is 18.6. The van der Waals surface area contributed by atoms with Gasteiger partial charge in [-0.15, -0.1) is 0 Å². The van der Waals surface area contributed by atoms with Crippen molar-refractivity contribution in [3.05, 3.63) is 218 Å². The van der Waals surface area contributed by atoms with Crippen LogP contribution in [0.5, 0.6) is 46.0 Å². The van der Waals surface area contributed by atoms with Gasteiger partial charge in [-0.2, -0.15) is 0 Å². The van der Waals surface area contributed by atoms with Gasteiger partial charge in [-0.25, -0.2) is 9.97 Å². The van der Waals surface area contributed by atoms with Crippen LogP contribution in [0, 0.1) is 0 Å². The van der Waals surface area contributed by atoms with Crippen molar-refractivity contribution < 1.29 is 18.9 Å². The van der Waals surface area contributed by atoms with Crippen molar-refractivity contribution in [1.82, 2.24) is 19.9 Å². The molecule has 8 nitrogen and oxygen atoms in total. The van der Waals surface area contributed by atoms with Gasteiger partial charge in [0.1, 0.15) is 46.0 Å². The van der Waals surface area contributed by atoms with Gasteiger partial charge in [0.25, 0.3) is 0 Å². The molecule has 0 radical (unpaired) electrons. The lowest BCUT2D eigenvalue weighted by molar-refractivity contribution is 0.484. The third-order valence-electron chi connectivity index (χ3n) is 12.3. The molecule has 68 heavy (non-hydrogen) atoms. The largest absolute Gasteiger partial charge is 0.457 e. The van der Waals surface area contributed by atoms with Gasteiger partial charge < -0.3 is 28.9 Å². The van der Waals surface area contributed by atoms with E-state index in [0.717, 1.165) is 112 Å². The monoisotopic (exact) mass is 878 g/mol. The number of hydrogen-bond donors (Lipinski definition) is 2. The number of nitrogens with one attached hydrogen (secondary N) is 2. The first-order valence-corrected chi connectivity index (χ1v) is 22.5. The fraction of sp³-hybridized carbons (Fsp3) is 0. The lowest BCUT2D eigenvalue weighted by atomic mass is 10.0. The number of para-hydroxylation sites is 4. The average Bonchev–Trinajstić information content (AvgIpc) is 4.12. The fourth-order valence-corrected chi connectivity index (χ4v) is 9.35. The summed E-state index contributed by atoms with van der Waals surface area (Å²) in [6.45, 7) is 0. The maximum absolute atomic E-state index is 6.68. The summed E-state index contributed by atoms with van der Waals surface area (Å²) in [5.74, 6) is 5.69.